The van der Waals surface area contributed by atoms with Crippen LogP contribution in [-0.4, -0.2) is 140 Å². The maximum absolute atomic E-state index is 12.9. The first-order valence-electron chi connectivity index (χ1n) is 17.6. The van der Waals surface area contributed by atoms with Crippen molar-refractivity contribution in [2.45, 2.75) is 82.7 Å². The van der Waals surface area contributed by atoms with Gasteiger partial charge in [-0.15, -0.1) is 0 Å². The Morgan fingerprint density at radius 3 is 1.96 bits per heavy atom. The van der Waals surface area contributed by atoms with Crippen molar-refractivity contribution < 1.29 is 72.7 Å². The number of nitrogens with one attached hydrogen (secondary N) is 6. The van der Waals surface area contributed by atoms with Crippen molar-refractivity contribution in [2.75, 3.05) is 52.6 Å². The molecule has 0 aliphatic heterocycles. The molecule has 2 atom stereocenters. The molecule has 0 spiro atoms. The van der Waals surface area contributed by atoms with Crippen LogP contribution in [0, 0.1) is 11.8 Å². The van der Waals surface area contributed by atoms with Gasteiger partial charge in [-0.3, -0.25) is 38.4 Å². The predicted octanol–water partition coefficient (Wildman–Crippen LogP) is -2.56. The van der Waals surface area contributed by atoms with Gasteiger partial charge in [0.2, 0.25) is 35.4 Å². The zero-order valence-corrected chi connectivity index (χ0v) is 30.1. The molecule has 1 saturated carbocycles. The van der Waals surface area contributed by atoms with Crippen LogP contribution in [0.1, 0.15) is 70.6 Å². The van der Waals surface area contributed by atoms with E-state index in [9.17, 15) is 53.1 Å². The first kappa shape index (κ1) is 46.8. The number of rotatable bonds is 29. The van der Waals surface area contributed by atoms with E-state index in [1.807, 2.05) is 0 Å². The fourth-order valence-electron chi connectivity index (χ4n) is 5.20. The van der Waals surface area contributed by atoms with Crippen molar-refractivity contribution in [3.05, 3.63) is 0 Å². The summed E-state index contributed by atoms with van der Waals surface area (Å²) in [4.78, 5) is 117. The van der Waals surface area contributed by atoms with Gasteiger partial charge in [-0.2, -0.15) is 0 Å². The summed E-state index contributed by atoms with van der Waals surface area (Å²) < 4.78 is 10.4. The van der Waals surface area contributed by atoms with Gasteiger partial charge in [0.05, 0.1) is 32.9 Å². The number of aliphatic carboxylic acids is 3. The minimum Gasteiger partial charge on any atom is -0.481 e. The molecule has 0 saturated heterocycles. The van der Waals surface area contributed by atoms with Gasteiger partial charge in [0.1, 0.15) is 25.0 Å². The van der Waals surface area contributed by atoms with Crippen LogP contribution >= 0.6 is 0 Å². The van der Waals surface area contributed by atoms with Gasteiger partial charge in [-0.05, 0) is 50.9 Å². The fourth-order valence-corrected chi connectivity index (χ4v) is 5.20. The van der Waals surface area contributed by atoms with Crippen LogP contribution in [0.3, 0.4) is 0 Å². The molecule has 0 aromatic rings. The quantitative estimate of drug-likeness (QED) is 0.0279. The molecule has 0 radical (unpaired) electrons. The lowest BCUT2D eigenvalue weighted by molar-refractivity contribution is -0.143. The minimum atomic E-state index is -1.39. The summed E-state index contributed by atoms with van der Waals surface area (Å²) in [7, 11) is 0. The zero-order chi connectivity index (χ0) is 40.3. The molecule has 0 aromatic heterocycles. The highest BCUT2D eigenvalue weighted by atomic mass is 16.5. The average molecular weight is 773 g/mol. The van der Waals surface area contributed by atoms with Crippen LogP contribution in [0.5, 0.6) is 0 Å². The summed E-state index contributed by atoms with van der Waals surface area (Å²) in [6, 6.07) is -2.65. The van der Waals surface area contributed by atoms with Gasteiger partial charge in [0.25, 0.3) is 0 Å². The number of carboxylic acid groups (broad SMARTS) is 3. The van der Waals surface area contributed by atoms with Crippen molar-refractivity contribution in [3.8, 4) is 0 Å². The van der Waals surface area contributed by atoms with E-state index in [1.54, 1.807) is 0 Å². The molecule has 54 heavy (non-hydrogen) atoms. The summed E-state index contributed by atoms with van der Waals surface area (Å²) in [5, 5.41) is 42.1. The Bertz CT molecular complexity index is 1290. The highest BCUT2D eigenvalue weighted by Crippen LogP contribution is 2.28. The summed E-state index contributed by atoms with van der Waals surface area (Å²) >= 11 is 0. The summed E-state index contributed by atoms with van der Waals surface area (Å²) in [6.07, 6.45) is 1.52. The van der Waals surface area contributed by atoms with Gasteiger partial charge in [-0.25, -0.2) is 4.79 Å². The number of aldehydes is 1. The lowest BCUT2D eigenvalue weighted by atomic mass is 9.81. The van der Waals surface area contributed by atoms with E-state index in [4.69, 9.17) is 19.7 Å². The molecule has 1 fully saturated rings. The Balaban J connectivity index is 2.41. The van der Waals surface area contributed by atoms with E-state index in [1.165, 1.54) is 0 Å². The Labute approximate surface area is 311 Å². The third kappa shape index (κ3) is 22.7. The summed E-state index contributed by atoms with van der Waals surface area (Å²) in [5.74, 6) is -7.15. The Morgan fingerprint density at radius 1 is 0.648 bits per heavy atom. The summed E-state index contributed by atoms with van der Waals surface area (Å²) in [6.45, 7) is -0.412. The monoisotopic (exact) mass is 772 g/mol. The molecule has 0 aromatic carbocycles. The normalized spacial score (nSPS) is 16.1. The number of amides is 6. The van der Waals surface area contributed by atoms with Crippen molar-refractivity contribution in [3.63, 3.8) is 0 Å². The number of carbonyl (C=O) groups is 10. The molecule has 1 aliphatic rings. The van der Waals surface area contributed by atoms with E-state index >= 15 is 0 Å². The first-order valence-corrected chi connectivity index (χ1v) is 17.6. The predicted molar refractivity (Wildman–Crippen MR) is 184 cm³/mol. The standard InChI is InChI=1S/C33H52N6O15/c40-14-12-34-27(43)19-37-28(44)20-54-17-16-53-15-13-35-32(50)23(9-11-30(47)48)38-26(42)10-8-24(33(51)52)39-31(49)22-6-4-21(5-7-22)18-36-25(41)2-1-3-29(45)46/h14,21-24H,1-13,15-20H2,(H,34,43)(H,35,50)(H,36,41)(H,37,44)(H,38,42)(H,39,49)(H,45,46)(H,47,48)(H,51,52)/t21-,22-,23-,24-/m0/s1. The molecule has 21 nitrogen and oxygen atoms in total. The molecule has 0 bridgehead atoms. The van der Waals surface area contributed by atoms with Crippen LogP contribution in [0.2, 0.25) is 0 Å². The van der Waals surface area contributed by atoms with Gasteiger partial charge >= 0.3 is 17.9 Å². The van der Waals surface area contributed by atoms with E-state index in [-0.39, 0.29) is 96.4 Å². The molecule has 1 rings (SSSR count). The molecule has 6 amide bonds. The molecule has 1 aliphatic carbocycles. The second-order valence-electron chi connectivity index (χ2n) is 12.5. The molecular weight excluding hydrogens is 720 g/mol. The Kier molecular flexibility index (Phi) is 23.8. The van der Waals surface area contributed by atoms with Crippen molar-refractivity contribution in [1.29, 1.82) is 0 Å². The second-order valence-corrected chi connectivity index (χ2v) is 12.5. The summed E-state index contributed by atoms with van der Waals surface area (Å²) in [5.41, 5.74) is 0. The fraction of sp³-hybridized carbons (Fsp3) is 0.697. The molecule has 0 heterocycles. The maximum atomic E-state index is 12.9. The lowest BCUT2D eigenvalue weighted by Gasteiger charge is -2.28. The number of carbonyl (C=O) groups excluding carboxylic acids is 7. The number of hydrogen-bond acceptors (Lipinski definition) is 12. The number of hydrogen-bond donors (Lipinski definition) is 9. The van der Waals surface area contributed by atoms with Crippen molar-refractivity contribution in [2.24, 2.45) is 11.8 Å². The van der Waals surface area contributed by atoms with Crippen molar-refractivity contribution in [1.82, 2.24) is 31.9 Å². The number of carboxylic acids is 3. The van der Waals surface area contributed by atoms with Crippen LogP contribution in [0.15, 0.2) is 0 Å². The third-order valence-electron chi connectivity index (χ3n) is 8.15. The van der Waals surface area contributed by atoms with Gasteiger partial charge in [0, 0.05) is 44.7 Å². The zero-order valence-electron chi connectivity index (χ0n) is 30.1. The van der Waals surface area contributed by atoms with Crippen LogP contribution in [-0.2, 0) is 57.4 Å². The maximum Gasteiger partial charge on any atom is 0.326 e. The topological polar surface area (TPSA) is 322 Å². The van der Waals surface area contributed by atoms with E-state index in [0.717, 1.165) is 0 Å². The van der Waals surface area contributed by atoms with E-state index < -0.39 is 71.9 Å². The second kappa shape index (κ2) is 27.4. The lowest BCUT2D eigenvalue weighted by Crippen LogP contribution is -2.48. The van der Waals surface area contributed by atoms with E-state index in [2.05, 4.69) is 31.9 Å². The largest absolute Gasteiger partial charge is 0.481 e. The highest BCUT2D eigenvalue weighted by Gasteiger charge is 2.30. The van der Waals surface area contributed by atoms with Crippen molar-refractivity contribution >= 4 is 59.6 Å². The third-order valence-corrected chi connectivity index (χ3v) is 8.15. The van der Waals surface area contributed by atoms with Crippen LogP contribution in [0.25, 0.3) is 0 Å². The van der Waals surface area contributed by atoms with Gasteiger partial charge in [-0.1, -0.05) is 0 Å². The molecular formula is C33H52N6O15. The average Bonchev–Trinajstić information content (AvgIpc) is 3.13. The molecule has 9 N–H and O–H groups in total. The van der Waals surface area contributed by atoms with Gasteiger partial charge < -0.3 is 61.5 Å². The van der Waals surface area contributed by atoms with Gasteiger partial charge in [0.15, 0.2) is 0 Å². The first-order chi connectivity index (χ1) is 25.7. The molecule has 304 valence electrons. The van der Waals surface area contributed by atoms with Crippen LogP contribution in [0.4, 0.5) is 0 Å². The van der Waals surface area contributed by atoms with Crippen LogP contribution < -0.4 is 31.9 Å². The van der Waals surface area contributed by atoms with E-state index in [0.29, 0.717) is 38.5 Å². The molecule has 21 heteroatoms. The molecule has 0 unspecified atom stereocenters. The Morgan fingerprint density at radius 2 is 1.31 bits per heavy atom. The minimum absolute atomic E-state index is 0.00613. The SMILES string of the molecule is O=CCNC(=O)CNC(=O)COCCOCCNC(=O)[C@H](CCC(=O)O)NC(=O)CC[C@H](NC(=O)[C@H]1CC[C@H](CNC(=O)CCCC(=O)O)CC1)C(=O)O. The number of ether oxygens (including phenoxy) is 2. The smallest absolute Gasteiger partial charge is 0.326 e. The highest BCUT2D eigenvalue weighted by molar-refractivity contribution is 5.89. The Hall–Kier alpha value is -5.18.